The fourth-order valence-corrected chi connectivity index (χ4v) is 2.25. The van der Waals surface area contributed by atoms with Gasteiger partial charge in [0.05, 0.1) is 23.8 Å². The Morgan fingerprint density at radius 2 is 1.64 bits per heavy atom. The zero-order chi connectivity index (χ0) is 18.2. The van der Waals surface area contributed by atoms with E-state index in [4.69, 9.17) is 14.7 Å². The molecule has 0 aliphatic carbocycles. The topological polar surface area (TPSA) is 71.3 Å². The van der Waals surface area contributed by atoms with E-state index in [1.165, 1.54) is 0 Å². The molecular formula is C20H22N2O3. The molecule has 0 heterocycles. The third-order valence-corrected chi connectivity index (χ3v) is 3.48. The van der Waals surface area contributed by atoms with E-state index in [-0.39, 0.29) is 24.7 Å². The van der Waals surface area contributed by atoms with Gasteiger partial charge in [0.1, 0.15) is 11.5 Å². The molecule has 2 aromatic carbocycles. The lowest BCUT2D eigenvalue weighted by atomic mass is 10.1. The van der Waals surface area contributed by atoms with Crippen LogP contribution in [0.1, 0.15) is 37.9 Å². The molecule has 130 valence electrons. The average Bonchev–Trinajstić information content (AvgIpc) is 2.60. The van der Waals surface area contributed by atoms with Crippen LogP contribution in [-0.4, -0.2) is 18.6 Å². The SMILES string of the molecule is CC(C)Oc1ccc(C(C)NC(=O)COc2ccc(C#N)cc2)cc1. The molecule has 0 saturated heterocycles. The van der Waals surface area contributed by atoms with Crippen molar-refractivity contribution in [3.8, 4) is 17.6 Å². The minimum absolute atomic E-state index is 0.0786. The number of carbonyl (C=O) groups is 1. The van der Waals surface area contributed by atoms with Crippen LogP contribution in [0.3, 0.4) is 0 Å². The molecule has 25 heavy (non-hydrogen) atoms. The zero-order valence-electron chi connectivity index (χ0n) is 14.7. The van der Waals surface area contributed by atoms with Crippen LogP contribution < -0.4 is 14.8 Å². The number of ether oxygens (including phenoxy) is 2. The first kappa shape index (κ1) is 18.3. The van der Waals surface area contributed by atoms with E-state index in [0.29, 0.717) is 11.3 Å². The normalized spacial score (nSPS) is 11.5. The van der Waals surface area contributed by atoms with Gasteiger partial charge in [0.25, 0.3) is 5.91 Å². The molecule has 0 fully saturated rings. The highest BCUT2D eigenvalue weighted by atomic mass is 16.5. The van der Waals surface area contributed by atoms with E-state index >= 15 is 0 Å². The highest BCUT2D eigenvalue weighted by Gasteiger charge is 2.10. The van der Waals surface area contributed by atoms with Crippen molar-refractivity contribution in [2.24, 2.45) is 0 Å². The summed E-state index contributed by atoms with van der Waals surface area (Å²) in [6.07, 6.45) is 0.127. The predicted molar refractivity (Wildman–Crippen MR) is 95.4 cm³/mol. The van der Waals surface area contributed by atoms with Gasteiger partial charge >= 0.3 is 0 Å². The Bertz CT molecular complexity index is 731. The molecule has 0 aliphatic heterocycles. The Kier molecular flexibility index (Phi) is 6.41. The molecule has 2 rings (SSSR count). The Morgan fingerprint density at radius 1 is 1.04 bits per heavy atom. The molecule has 1 unspecified atom stereocenters. The van der Waals surface area contributed by atoms with Gasteiger partial charge in [-0.05, 0) is 62.7 Å². The van der Waals surface area contributed by atoms with E-state index < -0.39 is 0 Å². The number of carbonyl (C=O) groups excluding carboxylic acids is 1. The Balaban J connectivity index is 1.83. The third-order valence-electron chi connectivity index (χ3n) is 3.48. The summed E-state index contributed by atoms with van der Waals surface area (Å²) in [4.78, 5) is 12.0. The second-order valence-corrected chi connectivity index (χ2v) is 5.95. The maximum Gasteiger partial charge on any atom is 0.258 e. The molecule has 5 nitrogen and oxygen atoms in total. The van der Waals surface area contributed by atoms with Gasteiger partial charge in [0, 0.05) is 0 Å². The van der Waals surface area contributed by atoms with Crippen LogP contribution in [0, 0.1) is 11.3 Å². The first-order valence-electron chi connectivity index (χ1n) is 8.17. The molecule has 1 atom stereocenters. The van der Waals surface area contributed by atoms with E-state index in [9.17, 15) is 4.79 Å². The first-order valence-corrected chi connectivity index (χ1v) is 8.17. The van der Waals surface area contributed by atoms with Gasteiger partial charge in [0.2, 0.25) is 0 Å². The van der Waals surface area contributed by atoms with Gasteiger partial charge in [-0.2, -0.15) is 5.26 Å². The minimum Gasteiger partial charge on any atom is -0.491 e. The summed E-state index contributed by atoms with van der Waals surface area (Å²) in [5.41, 5.74) is 1.54. The molecule has 0 radical (unpaired) electrons. The lowest BCUT2D eigenvalue weighted by molar-refractivity contribution is -0.123. The zero-order valence-corrected chi connectivity index (χ0v) is 14.7. The predicted octanol–water partition coefficient (Wildman–Crippen LogP) is 3.60. The molecule has 0 aromatic heterocycles. The summed E-state index contributed by atoms with van der Waals surface area (Å²) in [5, 5.41) is 11.6. The van der Waals surface area contributed by atoms with E-state index in [1.807, 2.05) is 51.1 Å². The quantitative estimate of drug-likeness (QED) is 0.837. The molecule has 2 aromatic rings. The Hall–Kier alpha value is -3.00. The standard InChI is InChI=1S/C20H22N2O3/c1-14(2)25-19-10-6-17(7-11-19)15(3)22-20(23)13-24-18-8-4-16(12-21)5-9-18/h4-11,14-15H,13H2,1-3H3,(H,22,23). The highest BCUT2D eigenvalue weighted by Crippen LogP contribution is 2.18. The van der Waals surface area contributed by atoms with Crippen molar-refractivity contribution in [3.05, 3.63) is 59.7 Å². The fourth-order valence-electron chi connectivity index (χ4n) is 2.25. The van der Waals surface area contributed by atoms with Gasteiger partial charge in [-0.3, -0.25) is 4.79 Å². The van der Waals surface area contributed by atoms with Crippen molar-refractivity contribution in [1.82, 2.24) is 5.32 Å². The van der Waals surface area contributed by atoms with Crippen molar-refractivity contribution >= 4 is 5.91 Å². The van der Waals surface area contributed by atoms with Crippen molar-refractivity contribution in [1.29, 1.82) is 5.26 Å². The summed E-state index contributed by atoms with van der Waals surface area (Å²) >= 11 is 0. The van der Waals surface area contributed by atoms with Crippen LogP contribution in [-0.2, 0) is 4.79 Å². The molecule has 5 heteroatoms. The molecule has 0 bridgehead atoms. The number of benzene rings is 2. The number of rotatable bonds is 7. The second-order valence-electron chi connectivity index (χ2n) is 5.95. The third kappa shape index (κ3) is 5.85. The maximum atomic E-state index is 12.0. The van der Waals surface area contributed by atoms with E-state index in [0.717, 1.165) is 11.3 Å². The Labute approximate surface area is 148 Å². The van der Waals surface area contributed by atoms with Crippen LogP contribution in [0.15, 0.2) is 48.5 Å². The molecule has 1 amide bonds. The number of nitriles is 1. The smallest absolute Gasteiger partial charge is 0.258 e. The van der Waals surface area contributed by atoms with Crippen LogP contribution in [0.5, 0.6) is 11.5 Å². The monoisotopic (exact) mass is 338 g/mol. The summed E-state index contributed by atoms with van der Waals surface area (Å²) < 4.78 is 11.0. The molecule has 0 spiro atoms. The van der Waals surface area contributed by atoms with Crippen LogP contribution in [0.25, 0.3) is 0 Å². The Morgan fingerprint density at radius 3 is 2.20 bits per heavy atom. The van der Waals surface area contributed by atoms with Gasteiger partial charge < -0.3 is 14.8 Å². The maximum absolute atomic E-state index is 12.0. The number of hydrogen-bond acceptors (Lipinski definition) is 4. The molecule has 1 N–H and O–H groups in total. The van der Waals surface area contributed by atoms with Gasteiger partial charge in [0.15, 0.2) is 6.61 Å². The summed E-state index contributed by atoms with van der Waals surface area (Å²) in [6, 6.07) is 16.2. The minimum atomic E-state index is -0.209. The second kappa shape index (κ2) is 8.74. The van der Waals surface area contributed by atoms with Crippen molar-refractivity contribution in [3.63, 3.8) is 0 Å². The van der Waals surface area contributed by atoms with Crippen molar-refractivity contribution < 1.29 is 14.3 Å². The molecule has 0 aliphatic rings. The average molecular weight is 338 g/mol. The van der Waals surface area contributed by atoms with Crippen LogP contribution in [0.4, 0.5) is 0 Å². The van der Waals surface area contributed by atoms with Crippen LogP contribution in [0.2, 0.25) is 0 Å². The molecular weight excluding hydrogens is 316 g/mol. The van der Waals surface area contributed by atoms with Gasteiger partial charge in [-0.1, -0.05) is 12.1 Å². The van der Waals surface area contributed by atoms with E-state index in [1.54, 1.807) is 24.3 Å². The van der Waals surface area contributed by atoms with Crippen molar-refractivity contribution in [2.45, 2.75) is 32.9 Å². The number of nitrogens with one attached hydrogen (secondary N) is 1. The first-order chi connectivity index (χ1) is 12.0. The number of nitrogens with zero attached hydrogens (tertiary/aromatic N) is 1. The van der Waals surface area contributed by atoms with Crippen molar-refractivity contribution in [2.75, 3.05) is 6.61 Å². The van der Waals surface area contributed by atoms with Gasteiger partial charge in [-0.15, -0.1) is 0 Å². The number of hydrogen-bond donors (Lipinski definition) is 1. The molecule has 0 saturated carbocycles. The summed E-state index contributed by atoms with van der Waals surface area (Å²) in [6.45, 7) is 5.79. The highest BCUT2D eigenvalue weighted by molar-refractivity contribution is 5.78. The number of amides is 1. The lowest BCUT2D eigenvalue weighted by Gasteiger charge is -2.16. The summed E-state index contributed by atoms with van der Waals surface area (Å²) in [7, 11) is 0. The van der Waals surface area contributed by atoms with Gasteiger partial charge in [-0.25, -0.2) is 0 Å². The lowest BCUT2D eigenvalue weighted by Crippen LogP contribution is -2.31. The van der Waals surface area contributed by atoms with E-state index in [2.05, 4.69) is 5.32 Å². The summed E-state index contributed by atoms with van der Waals surface area (Å²) in [5.74, 6) is 1.15. The fraction of sp³-hybridized carbons (Fsp3) is 0.300. The largest absolute Gasteiger partial charge is 0.491 e. The van der Waals surface area contributed by atoms with Crippen LogP contribution >= 0.6 is 0 Å².